The van der Waals surface area contributed by atoms with Crippen LogP contribution in [-0.4, -0.2) is 104 Å². The molecule has 2 fully saturated rings. The number of aliphatic carboxylic acids is 1. The third-order valence-corrected chi connectivity index (χ3v) is 10.3. The third-order valence-electron chi connectivity index (χ3n) is 9.13. The molecule has 2 rings (SSSR count). The molecular weight excluding hydrogens is 651 g/mol. The topological polar surface area (TPSA) is 140 Å². The fraction of sp³-hybridized carbons (Fsp3) is 0.941. The predicted molar refractivity (Wildman–Crippen MR) is 192 cm³/mol. The van der Waals surface area contributed by atoms with Crippen molar-refractivity contribution in [3.63, 3.8) is 0 Å². The Labute approximate surface area is 294 Å². The van der Waals surface area contributed by atoms with E-state index in [4.69, 9.17) is 21.4 Å². The number of aliphatic hydroxyl groups is 3. The Hall–Kier alpha value is -0.330. The third kappa shape index (κ3) is 17.4. The zero-order valence-electron chi connectivity index (χ0n) is 29.1. The van der Waals surface area contributed by atoms with Crippen LogP contribution in [0.1, 0.15) is 130 Å². The van der Waals surface area contributed by atoms with E-state index in [-0.39, 0.29) is 24.4 Å². The second-order valence-electron chi connectivity index (χ2n) is 13.1. The molecule has 2 saturated heterocycles. The molecule has 0 aromatic carbocycles. The highest BCUT2D eigenvalue weighted by Gasteiger charge is 2.48. The number of carboxylic acid groups (broad SMARTS) is 1. The summed E-state index contributed by atoms with van der Waals surface area (Å²) in [7, 11) is 1.94. The molecule has 0 unspecified atom stereocenters. The molecule has 9 nitrogen and oxygen atoms in total. The van der Waals surface area contributed by atoms with Crippen molar-refractivity contribution in [2.24, 2.45) is 5.92 Å². The molecule has 9 atom stereocenters. The summed E-state index contributed by atoms with van der Waals surface area (Å²) in [4.78, 5) is 25.3. The average molecular weight is 718 g/mol. The zero-order valence-corrected chi connectivity index (χ0v) is 31.5. The van der Waals surface area contributed by atoms with Crippen molar-refractivity contribution in [2.45, 2.75) is 177 Å². The molecule has 2 heterocycles. The van der Waals surface area contributed by atoms with E-state index in [1.807, 2.05) is 11.9 Å². The maximum atomic E-state index is 12.9. The minimum absolute atomic E-state index is 0. The van der Waals surface area contributed by atoms with Gasteiger partial charge in [0.15, 0.2) is 0 Å². The summed E-state index contributed by atoms with van der Waals surface area (Å²) >= 11 is 7.55. The minimum Gasteiger partial charge on any atom is -0.481 e. The van der Waals surface area contributed by atoms with E-state index in [9.17, 15) is 24.9 Å². The molecule has 2 aliphatic rings. The number of aliphatic hydroxyl groups excluding tert-OH is 3. The molecule has 0 radical (unpaired) electrons. The lowest BCUT2D eigenvalue weighted by atomic mass is 9.92. The van der Waals surface area contributed by atoms with Gasteiger partial charge in [-0.05, 0) is 45.4 Å². The van der Waals surface area contributed by atoms with Crippen molar-refractivity contribution in [2.75, 3.05) is 19.8 Å². The molecule has 2 aliphatic heterocycles. The second kappa shape index (κ2) is 26.5. The normalized spacial score (nSPS) is 27.6. The summed E-state index contributed by atoms with van der Waals surface area (Å²) in [6.07, 6.45) is 17.2. The quantitative estimate of drug-likeness (QED) is 0.0678. The Balaban J connectivity index is 0.000000936. The lowest BCUT2D eigenvalue weighted by molar-refractivity contribution is -0.205. The number of rotatable bonds is 21. The number of likely N-dealkylation sites (tertiary alicyclic amines) is 1. The van der Waals surface area contributed by atoms with Crippen LogP contribution in [0.3, 0.4) is 0 Å². The molecule has 274 valence electrons. The van der Waals surface area contributed by atoms with E-state index in [1.54, 1.807) is 13.2 Å². The van der Waals surface area contributed by atoms with Crippen LogP contribution >= 0.6 is 35.8 Å². The average Bonchev–Trinajstić information content (AvgIpc) is 3.37. The van der Waals surface area contributed by atoms with Crippen molar-refractivity contribution < 1.29 is 34.8 Å². The number of carboxylic acids is 1. The fourth-order valence-corrected chi connectivity index (χ4v) is 7.29. The first-order valence-corrected chi connectivity index (χ1v) is 19.3. The van der Waals surface area contributed by atoms with Crippen LogP contribution in [0.15, 0.2) is 0 Å². The van der Waals surface area contributed by atoms with Crippen LogP contribution in [0, 0.1) is 5.92 Å². The number of carbonyl (C=O) groups is 2. The Morgan fingerprint density at radius 3 is 1.87 bits per heavy atom. The molecule has 5 N–H and O–H groups in total. The van der Waals surface area contributed by atoms with Gasteiger partial charge in [0.05, 0.1) is 17.5 Å². The van der Waals surface area contributed by atoms with Crippen LogP contribution < -0.4 is 5.32 Å². The molecule has 0 spiro atoms. The SMILES string of the molecule is CCCCCCCCCCCCCCCC(=O)O.CCC[C@@H]1C[C@@H](C(=O)N[C@@H]([C@H]2O[C@H](SC)[C@H](O)[C@@H](O)[C@H]2O)[C@H](C)Cl)N(C)C1.Cl. The van der Waals surface area contributed by atoms with Crippen LogP contribution in [0.2, 0.25) is 0 Å². The first-order valence-electron chi connectivity index (χ1n) is 17.6. The molecule has 0 saturated carbocycles. The number of halogens is 2. The van der Waals surface area contributed by atoms with E-state index >= 15 is 0 Å². The van der Waals surface area contributed by atoms with E-state index in [0.717, 1.165) is 38.6 Å². The van der Waals surface area contributed by atoms with Gasteiger partial charge in [0.2, 0.25) is 5.91 Å². The number of hydrogen-bond acceptors (Lipinski definition) is 8. The number of alkyl halides is 1. The first kappa shape index (κ1) is 45.7. The Morgan fingerprint density at radius 1 is 0.891 bits per heavy atom. The molecule has 1 amide bonds. The van der Waals surface area contributed by atoms with Gasteiger partial charge in [0, 0.05) is 13.0 Å². The molecule has 0 aromatic rings. The molecule has 46 heavy (non-hydrogen) atoms. The zero-order chi connectivity index (χ0) is 33.8. The summed E-state index contributed by atoms with van der Waals surface area (Å²) in [5.74, 6) is -0.305. The van der Waals surface area contributed by atoms with Crippen molar-refractivity contribution in [3.05, 3.63) is 0 Å². The Morgan fingerprint density at radius 2 is 1.41 bits per heavy atom. The number of unbranched alkanes of at least 4 members (excludes halogenated alkanes) is 12. The van der Waals surface area contributed by atoms with Crippen LogP contribution in [0.5, 0.6) is 0 Å². The number of nitrogens with one attached hydrogen (secondary N) is 1. The number of thioether (sulfide) groups is 1. The van der Waals surface area contributed by atoms with Gasteiger partial charge in [-0.15, -0.1) is 35.8 Å². The Kier molecular flexibility index (Phi) is 26.3. The smallest absolute Gasteiger partial charge is 0.303 e. The lowest BCUT2D eigenvalue weighted by Gasteiger charge is -2.44. The van der Waals surface area contributed by atoms with Gasteiger partial charge in [0.1, 0.15) is 29.9 Å². The number of hydrogen-bond donors (Lipinski definition) is 5. The summed E-state index contributed by atoms with van der Waals surface area (Å²) in [6, 6.07) is -0.934. The minimum atomic E-state index is -1.36. The van der Waals surface area contributed by atoms with Gasteiger partial charge in [-0.1, -0.05) is 97.3 Å². The number of likely N-dealkylation sites (N-methyl/N-ethyl adjacent to an activating group) is 1. The molecule has 12 heteroatoms. The van der Waals surface area contributed by atoms with Gasteiger partial charge in [-0.3, -0.25) is 14.5 Å². The summed E-state index contributed by atoms with van der Waals surface area (Å²) in [5.41, 5.74) is -0.702. The monoisotopic (exact) mass is 716 g/mol. The molecule has 0 aromatic heterocycles. The summed E-state index contributed by atoms with van der Waals surface area (Å²) in [6.45, 7) is 7.00. The maximum Gasteiger partial charge on any atom is 0.303 e. The number of nitrogens with zero attached hydrogens (tertiary/aromatic N) is 1. The lowest BCUT2D eigenvalue weighted by Crippen LogP contribution is -2.65. The molecular formula is C34H66Cl2N2O7S. The van der Waals surface area contributed by atoms with Gasteiger partial charge in [-0.25, -0.2) is 0 Å². The van der Waals surface area contributed by atoms with Gasteiger partial charge < -0.3 is 30.5 Å². The largest absolute Gasteiger partial charge is 0.481 e. The first-order chi connectivity index (χ1) is 21.5. The van der Waals surface area contributed by atoms with Crippen molar-refractivity contribution in [1.82, 2.24) is 10.2 Å². The van der Waals surface area contributed by atoms with Gasteiger partial charge in [0.25, 0.3) is 0 Å². The highest BCUT2D eigenvalue weighted by molar-refractivity contribution is 7.99. The fourth-order valence-electron chi connectivity index (χ4n) is 6.41. The van der Waals surface area contributed by atoms with Crippen LogP contribution in [0.25, 0.3) is 0 Å². The highest BCUT2D eigenvalue weighted by atomic mass is 35.5. The van der Waals surface area contributed by atoms with E-state index in [1.165, 1.54) is 82.4 Å². The second-order valence-corrected chi connectivity index (χ2v) is 14.7. The predicted octanol–water partition coefficient (Wildman–Crippen LogP) is 6.36. The van der Waals surface area contributed by atoms with Gasteiger partial charge in [-0.2, -0.15) is 0 Å². The summed E-state index contributed by atoms with van der Waals surface area (Å²) in [5, 5.41) is 41.5. The Bertz CT molecular complexity index is 799. The highest BCUT2D eigenvalue weighted by Crippen LogP contribution is 2.31. The van der Waals surface area contributed by atoms with Crippen LogP contribution in [-0.2, 0) is 14.3 Å². The van der Waals surface area contributed by atoms with Crippen molar-refractivity contribution in [3.8, 4) is 0 Å². The number of amides is 1. The van der Waals surface area contributed by atoms with Crippen LogP contribution in [0.4, 0.5) is 0 Å². The number of carbonyl (C=O) groups excluding carboxylic acids is 1. The maximum absolute atomic E-state index is 12.9. The van der Waals surface area contributed by atoms with Crippen molar-refractivity contribution >= 4 is 47.6 Å². The van der Waals surface area contributed by atoms with E-state index < -0.39 is 47.2 Å². The standard InChI is InChI=1S/C18H33ClN2O5S.C16H32O2.ClH/c1-5-6-10-7-11(21(3)8-10)17(25)20-12(9(2)19)16-14(23)13(22)15(24)18(26-16)27-4;1-2-3-4-5-6-7-8-9-10-11-12-13-14-15-16(17)18;/h9-16,18,22-24H,5-8H2,1-4H3,(H,20,25);2-15H2,1H3,(H,17,18);1H/t9-,10+,11-,12+,13-,14+,15+,16+,18+;;/m0../s1. The summed E-state index contributed by atoms with van der Waals surface area (Å²) < 4.78 is 5.79. The van der Waals surface area contributed by atoms with Crippen molar-refractivity contribution in [1.29, 1.82) is 0 Å². The molecule has 0 bridgehead atoms. The number of ether oxygens (including phenoxy) is 1. The van der Waals surface area contributed by atoms with E-state index in [0.29, 0.717) is 12.3 Å². The van der Waals surface area contributed by atoms with E-state index in [2.05, 4.69) is 19.2 Å². The van der Waals surface area contributed by atoms with Gasteiger partial charge >= 0.3 is 5.97 Å². The molecule has 0 aliphatic carbocycles.